The minimum atomic E-state index is -1.88. The van der Waals surface area contributed by atoms with Crippen molar-refractivity contribution < 1.29 is 27.9 Å². The molecular formula is C46H76N2O6S2Si2. The van der Waals surface area contributed by atoms with Crippen LogP contribution < -0.4 is 8.85 Å². The number of hydrogen-bond donors (Lipinski definition) is 0. The molecule has 0 saturated carbocycles. The van der Waals surface area contributed by atoms with Gasteiger partial charge in [0.1, 0.15) is 11.5 Å². The minimum absolute atomic E-state index is 0.146. The smallest absolute Gasteiger partial charge is 0.310 e. The maximum Gasteiger partial charge on any atom is 0.310 e. The number of nitrogens with zero attached hydrogens (tertiary/aromatic N) is 2. The zero-order chi connectivity index (χ0) is 42.4. The van der Waals surface area contributed by atoms with Crippen molar-refractivity contribution in [1.29, 1.82) is 0 Å². The lowest BCUT2D eigenvalue weighted by atomic mass is 9.94. The average molecular weight is 873 g/mol. The van der Waals surface area contributed by atoms with Gasteiger partial charge in [-0.25, -0.2) is 0 Å². The van der Waals surface area contributed by atoms with Gasteiger partial charge in [0.25, 0.3) is 0 Å². The number of likely N-dealkylation sites (tertiary alicyclic amines) is 2. The Kier molecular flexibility index (Phi) is 19.1. The number of ether oxygens (including phenoxy) is 2. The van der Waals surface area contributed by atoms with Crippen LogP contribution in [0.2, 0.25) is 36.3 Å². The zero-order valence-electron chi connectivity index (χ0n) is 37.7. The quantitative estimate of drug-likeness (QED) is 0.0524. The van der Waals surface area contributed by atoms with Crippen molar-refractivity contribution in [3.63, 3.8) is 0 Å². The van der Waals surface area contributed by atoms with Crippen LogP contribution in [-0.4, -0.2) is 102 Å². The van der Waals surface area contributed by atoms with Crippen LogP contribution in [0.25, 0.3) is 0 Å². The van der Waals surface area contributed by atoms with Crippen molar-refractivity contribution in [1.82, 2.24) is 9.80 Å². The summed E-state index contributed by atoms with van der Waals surface area (Å²) in [6.07, 6.45) is 7.27. The number of hydrogen-bond acceptors (Lipinski definition) is 10. The SMILES string of the molecule is CC(C)(C)[Si](C)(C)Oc1ccc(CC(=O)OCCC2CCN(CCSSCCN3CCC(CCOC(=O)Cc4ccc(O[Si](C)(C)C(C)(C)C)cc4)CC3)CC2)cc1. The molecule has 2 saturated heterocycles. The summed E-state index contributed by atoms with van der Waals surface area (Å²) in [5.74, 6) is 5.07. The van der Waals surface area contributed by atoms with E-state index in [1.807, 2.05) is 70.1 Å². The number of benzene rings is 2. The van der Waals surface area contributed by atoms with Crippen molar-refractivity contribution in [2.75, 3.05) is 64.0 Å². The molecule has 12 heteroatoms. The first kappa shape index (κ1) is 48.7. The predicted octanol–water partition coefficient (Wildman–Crippen LogP) is 10.9. The zero-order valence-corrected chi connectivity index (χ0v) is 41.3. The first-order chi connectivity index (χ1) is 27.3. The summed E-state index contributed by atoms with van der Waals surface area (Å²) in [6.45, 7) is 30.3. The van der Waals surface area contributed by atoms with E-state index < -0.39 is 16.6 Å². The maximum absolute atomic E-state index is 12.5. The van der Waals surface area contributed by atoms with Crippen molar-refractivity contribution in [2.24, 2.45) is 11.8 Å². The molecule has 0 bridgehead atoms. The minimum Gasteiger partial charge on any atom is -0.544 e. The van der Waals surface area contributed by atoms with Gasteiger partial charge in [-0.2, -0.15) is 0 Å². The molecule has 0 spiro atoms. The monoisotopic (exact) mass is 872 g/mol. The molecular weight excluding hydrogens is 797 g/mol. The molecule has 8 nitrogen and oxygen atoms in total. The second kappa shape index (κ2) is 22.8. The van der Waals surface area contributed by atoms with Crippen LogP contribution in [0.15, 0.2) is 48.5 Å². The lowest BCUT2D eigenvalue weighted by Crippen LogP contribution is -2.43. The lowest BCUT2D eigenvalue weighted by molar-refractivity contribution is -0.144. The summed E-state index contributed by atoms with van der Waals surface area (Å²) in [5, 5.41) is 0.292. The molecule has 2 aromatic rings. The predicted molar refractivity (Wildman–Crippen MR) is 250 cm³/mol. The van der Waals surface area contributed by atoms with E-state index in [2.05, 4.69) is 77.5 Å². The number of carbonyl (C=O) groups is 2. The van der Waals surface area contributed by atoms with Crippen molar-refractivity contribution in [3.05, 3.63) is 59.7 Å². The number of rotatable bonds is 21. The van der Waals surface area contributed by atoms with E-state index in [0.29, 0.717) is 37.9 Å². The molecule has 0 unspecified atom stereocenters. The Morgan fingerprint density at radius 1 is 0.586 bits per heavy atom. The van der Waals surface area contributed by atoms with Gasteiger partial charge < -0.3 is 28.1 Å². The standard InChI is InChI=1S/C46H76N2O6S2Si2/c1-45(2,3)57(7,8)53-41-15-11-39(12-16-41)35-43(49)51-31-23-37-19-25-47(26-20-37)29-33-55-56-34-30-48-27-21-38(22-28-48)24-32-52-44(50)36-40-13-17-42(18-14-40)54-58(9,10)46(4,5)6/h11-18,37-38H,19-36H2,1-10H3. The molecule has 0 amide bonds. The molecule has 0 atom stereocenters. The first-order valence-electron chi connectivity index (χ1n) is 21.9. The van der Waals surface area contributed by atoms with Gasteiger partial charge in [-0.15, -0.1) is 0 Å². The first-order valence-corrected chi connectivity index (χ1v) is 30.2. The van der Waals surface area contributed by atoms with Gasteiger partial charge in [0.05, 0.1) is 26.1 Å². The Hall–Kier alpha value is -1.97. The molecule has 2 fully saturated rings. The van der Waals surface area contributed by atoms with E-state index in [1.54, 1.807) is 0 Å². The van der Waals surface area contributed by atoms with Crippen LogP contribution in [0.3, 0.4) is 0 Å². The van der Waals surface area contributed by atoms with Gasteiger partial charge in [0.15, 0.2) is 0 Å². The van der Waals surface area contributed by atoms with Crippen molar-refractivity contribution in [3.8, 4) is 11.5 Å². The van der Waals surface area contributed by atoms with Crippen LogP contribution in [-0.2, 0) is 31.9 Å². The summed E-state index contributed by atoms with van der Waals surface area (Å²) in [6, 6.07) is 15.9. The fourth-order valence-electron chi connectivity index (χ4n) is 6.81. The largest absolute Gasteiger partial charge is 0.544 e. The molecule has 2 aromatic carbocycles. The molecule has 2 aliphatic heterocycles. The third kappa shape index (κ3) is 16.8. The Labute approximate surface area is 362 Å². The maximum atomic E-state index is 12.5. The molecule has 4 rings (SSSR count). The van der Waals surface area contributed by atoms with Gasteiger partial charge in [0.2, 0.25) is 16.6 Å². The van der Waals surface area contributed by atoms with Gasteiger partial charge >= 0.3 is 11.9 Å². The van der Waals surface area contributed by atoms with E-state index in [4.69, 9.17) is 18.3 Å². The highest BCUT2D eigenvalue weighted by Gasteiger charge is 2.40. The van der Waals surface area contributed by atoms with Gasteiger partial charge in [-0.3, -0.25) is 9.59 Å². The number of esters is 2. The lowest BCUT2D eigenvalue weighted by Gasteiger charge is -2.36. The normalized spacial score (nSPS) is 16.9. The van der Waals surface area contributed by atoms with Gasteiger partial charge in [0, 0.05) is 24.6 Å². The highest BCUT2D eigenvalue weighted by Crippen LogP contribution is 2.38. The van der Waals surface area contributed by atoms with Crippen LogP contribution >= 0.6 is 21.6 Å². The van der Waals surface area contributed by atoms with E-state index in [9.17, 15) is 9.59 Å². The number of carbonyl (C=O) groups excluding carboxylic acids is 2. The molecule has 0 N–H and O–H groups in total. The van der Waals surface area contributed by atoms with Gasteiger partial charge in [-0.05, 0) is 148 Å². The van der Waals surface area contributed by atoms with Crippen LogP contribution in [0.1, 0.15) is 91.2 Å². The van der Waals surface area contributed by atoms with E-state index in [1.165, 1.54) is 25.7 Å². The van der Waals surface area contributed by atoms with Crippen LogP contribution in [0, 0.1) is 11.8 Å². The fourth-order valence-corrected chi connectivity index (χ4v) is 10.9. The van der Waals surface area contributed by atoms with Gasteiger partial charge in [-0.1, -0.05) is 87.4 Å². The third-order valence-corrected chi connectivity index (χ3v) is 24.0. The Balaban J connectivity index is 0.954. The second-order valence-corrected chi connectivity index (χ2v) is 31.8. The molecule has 0 aliphatic carbocycles. The molecule has 0 aromatic heterocycles. The summed E-state index contributed by atoms with van der Waals surface area (Å²) in [7, 11) is 0.260. The Morgan fingerprint density at radius 3 is 1.22 bits per heavy atom. The topological polar surface area (TPSA) is 77.5 Å². The molecule has 326 valence electrons. The summed E-state index contributed by atoms with van der Waals surface area (Å²) >= 11 is 0. The highest BCUT2D eigenvalue weighted by molar-refractivity contribution is 8.76. The summed E-state index contributed by atoms with van der Waals surface area (Å²) in [4.78, 5) is 30.2. The Bertz CT molecular complexity index is 1410. The average Bonchev–Trinajstić information content (AvgIpc) is 3.15. The summed E-state index contributed by atoms with van der Waals surface area (Å²) < 4.78 is 24.0. The fraction of sp³-hybridized carbons (Fsp3) is 0.696. The van der Waals surface area contributed by atoms with E-state index in [-0.39, 0.29) is 22.0 Å². The number of piperidine rings is 2. The molecule has 0 radical (unpaired) electrons. The third-order valence-electron chi connectivity index (χ3n) is 13.0. The Morgan fingerprint density at radius 2 is 0.914 bits per heavy atom. The van der Waals surface area contributed by atoms with E-state index in [0.717, 1.165) is 86.2 Å². The van der Waals surface area contributed by atoms with Crippen molar-refractivity contribution in [2.45, 2.75) is 129 Å². The van der Waals surface area contributed by atoms with Crippen molar-refractivity contribution >= 4 is 50.2 Å². The van der Waals surface area contributed by atoms with Crippen LogP contribution in [0.4, 0.5) is 0 Å². The van der Waals surface area contributed by atoms with Crippen LogP contribution in [0.5, 0.6) is 11.5 Å². The molecule has 58 heavy (non-hydrogen) atoms. The second-order valence-electron chi connectivity index (χ2n) is 19.6. The van der Waals surface area contributed by atoms with E-state index >= 15 is 0 Å². The highest BCUT2D eigenvalue weighted by atomic mass is 33.1. The molecule has 2 heterocycles. The molecule has 2 aliphatic rings. The summed E-state index contributed by atoms with van der Waals surface area (Å²) in [5.41, 5.74) is 1.93.